The average Bonchev–Trinajstić information content (AvgIpc) is 3.43. The van der Waals surface area contributed by atoms with E-state index in [1.807, 2.05) is 0 Å². The molecule has 0 aromatic carbocycles. The second kappa shape index (κ2) is 7.79. The van der Waals surface area contributed by atoms with Gasteiger partial charge in [0.05, 0.1) is 18.8 Å². The summed E-state index contributed by atoms with van der Waals surface area (Å²) < 4.78 is 63.6. The number of alkyl halides is 4. The predicted molar refractivity (Wildman–Crippen MR) is 97.6 cm³/mol. The smallest absolute Gasteiger partial charge is 0.425 e. The first-order valence-electron chi connectivity index (χ1n) is 9.66. The third-order valence-electron chi connectivity index (χ3n) is 5.77. The molecular weight excluding hydrogens is 408 g/mol. The zero-order valence-electron chi connectivity index (χ0n) is 16.7. The summed E-state index contributed by atoms with van der Waals surface area (Å²) in [6.07, 6.45) is -4.16. The Morgan fingerprint density at radius 3 is 2.43 bits per heavy atom. The van der Waals surface area contributed by atoms with Gasteiger partial charge in [0, 0.05) is 25.1 Å². The highest BCUT2D eigenvalue weighted by molar-refractivity contribution is 5.95. The van der Waals surface area contributed by atoms with Gasteiger partial charge >= 0.3 is 6.18 Å². The maximum atomic E-state index is 14.8. The third-order valence-corrected chi connectivity index (χ3v) is 5.77. The molecule has 1 aliphatic carbocycles. The number of carbonyl (C=O) groups excluding carboxylic acids is 2. The maximum absolute atomic E-state index is 14.8. The van der Waals surface area contributed by atoms with Gasteiger partial charge in [-0.1, -0.05) is 6.92 Å². The number of aromatic nitrogens is 1. The molecule has 10 heteroatoms. The van der Waals surface area contributed by atoms with Gasteiger partial charge < -0.3 is 15.2 Å². The first-order valence-corrected chi connectivity index (χ1v) is 9.66. The number of amides is 1. The van der Waals surface area contributed by atoms with Gasteiger partial charge in [-0.15, -0.1) is 0 Å². The number of carbonyl (C=O) groups is 2. The van der Waals surface area contributed by atoms with Gasteiger partial charge in [-0.25, -0.2) is 4.39 Å². The summed E-state index contributed by atoms with van der Waals surface area (Å²) in [6.45, 7) is 1.91. The van der Waals surface area contributed by atoms with Gasteiger partial charge in [0.2, 0.25) is 5.91 Å². The molecule has 2 N–H and O–H groups in total. The molecule has 30 heavy (non-hydrogen) atoms. The lowest BCUT2D eigenvalue weighted by Gasteiger charge is -2.35. The SMILES string of the molecule is C[C@H](Oc1cc(C(=O)C[C@@](C)(CC(N)=O)C2CC2)ncc1C1(F)COC1)C(F)(F)F. The minimum Gasteiger partial charge on any atom is -0.481 e. The van der Waals surface area contributed by atoms with Crippen LogP contribution in [-0.2, 0) is 15.2 Å². The number of pyridine rings is 1. The van der Waals surface area contributed by atoms with E-state index in [1.54, 1.807) is 6.92 Å². The van der Waals surface area contributed by atoms with E-state index in [9.17, 15) is 27.2 Å². The second-order valence-corrected chi connectivity index (χ2v) is 8.50. The van der Waals surface area contributed by atoms with Gasteiger partial charge in [0.25, 0.3) is 0 Å². The van der Waals surface area contributed by atoms with Crippen LogP contribution in [0.1, 0.15) is 55.6 Å². The summed E-state index contributed by atoms with van der Waals surface area (Å²) in [5.74, 6) is -1.24. The Labute approximate surface area is 171 Å². The summed E-state index contributed by atoms with van der Waals surface area (Å²) in [4.78, 5) is 28.3. The van der Waals surface area contributed by atoms with Crippen LogP contribution in [0, 0.1) is 11.3 Å². The Kier molecular flexibility index (Phi) is 5.83. The molecule has 1 saturated heterocycles. The molecule has 3 rings (SSSR count). The van der Waals surface area contributed by atoms with Crippen molar-refractivity contribution in [2.24, 2.45) is 17.1 Å². The van der Waals surface area contributed by atoms with E-state index in [-0.39, 0.29) is 43.2 Å². The molecule has 1 saturated carbocycles. The van der Waals surface area contributed by atoms with E-state index in [0.29, 0.717) is 0 Å². The molecule has 1 aromatic rings. The zero-order valence-corrected chi connectivity index (χ0v) is 16.7. The molecule has 2 fully saturated rings. The van der Waals surface area contributed by atoms with Gasteiger partial charge in [0.1, 0.15) is 11.4 Å². The van der Waals surface area contributed by atoms with Crippen LogP contribution in [0.4, 0.5) is 17.6 Å². The molecular formula is C20H24F4N2O4. The number of Topliss-reactive ketones (excluding diaryl/α,β-unsaturated/α-hetero) is 1. The van der Waals surface area contributed by atoms with Crippen molar-refractivity contribution < 1.29 is 36.6 Å². The summed E-state index contributed by atoms with van der Waals surface area (Å²) in [6, 6.07) is 1.04. The molecule has 2 heterocycles. The lowest BCUT2D eigenvalue weighted by atomic mass is 9.76. The van der Waals surface area contributed by atoms with E-state index in [4.69, 9.17) is 15.2 Å². The number of ketones is 1. The van der Waals surface area contributed by atoms with Crippen LogP contribution in [-0.4, -0.2) is 42.2 Å². The normalized spacial score (nSPS) is 21.3. The number of ether oxygens (including phenoxy) is 2. The fraction of sp³-hybridized carbons (Fsp3) is 0.650. The highest BCUT2D eigenvalue weighted by Crippen LogP contribution is 2.50. The Bertz CT molecular complexity index is 837. The monoisotopic (exact) mass is 432 g/mol. The molecule has 2 aliphatic rings. The number of halogens is 4. The topological polar surface area (TPSA) is 91.5 Å². The average molecular weight is 432 g/mol. The van der Waals surface area contributed by atoms with Crippen molar-refractivity contribution in [2.45, 2.75) is 57.5 Å². The number of nitrogens with two attached hydrogens (primary N) is 1. The third kappa shape index (κ3) is 4.74. The van der Waals surface area contributed by atoms with E-state index in [0.717, 1.165) is 32.0 Å². The number of rotatable bonds is 9. The number of nitrogens with zero attached hydrogens (tertiary/aromatic N) is 1. The van der Waals surface area contributed by atoms with Crippen molar-refractivity contribution in [3.63, 3.8) is 0 Å². The first kappa shape index (κ1) is 22.5. The summed E-state index contributed by atoms with van der Waals surface area (Å²) in [5.41, 5.74) is 2.30. The quantitative estimate of drug-likeness (QED) is 0.477. The molecule has 1 aliphatic heterocycles. The van der Waals surface area contributed by atoms with E-state index < -0.39 is 40.8 Å². The van der Waals surface area contributed by atoms with Crippen LogP contribution in [0.2, 0.25) is 0 Å². The van der Waals surface area contributed by atoms with Crippen LogP contribution < -0.4 is 10.5 Å². The molecule has 1 aromatic heterocycles. The summed E-state index contributed by atoms with van der Waals surface area (Å²) in [5, 5.41) is 0. The standard InChI is InChI=1S/C20H24F4N2O4/c1-11(20(22,23)24)30-16-5-14(26-8-13(16)19(21)9-29-10-19)15(27)6-18(2,7-17(25)28)12-3-4-12/h5,8,11-12H,3-4,6-7,9-10H2,1-2H3,(H2,25,28)/t11-,18-/m0/s1. The molecule has 0 unspecified atom stereocenters. The summed E-state index contributed by atoms with van der Waals surface area (Å²) in [7, 11) is 0. The van der Waals surface area contributed by atoms with Gasteiger partial charge in [0.15, 0.2) is 17.6 Å². The number of primary amides is 1. The van der Waals surface area contributed by atoms with Crippen molar-refractivity contribution in [1.82, 2.24) is 4.98 Å². The van der Waals surface area contributed by atoms with Crippen molar-refractivity contribution in [2.75, 3.05) is 13.2 Å². The molecule has 1 amide bonds. The van der Waals surface area contributed by atoms with Crippen LogP contribution in [0.25, 0.3) is 0 Å². The Morgan fingerprint density at radius 1 is 1.33 bits per heavy atom. The first-order chi connectivity index (χ1) is 13.8. The van der Waals surface area contributed by atoms with Crippen LogP contribution in [0.3, 0.4) is 0 Å². The zero-order chi connectivity index (χ0) is 22.3. The van der Waals surface area contributed by atoms with E-state index in [1.165, 1.54) is 0 Å². The lowest BCUT2D eigenvalue weighted by Crippen LogP contribution is -2.43. The van der Waals surface area contributed by atoms with Crippen LogP contribution in [0.15, 0.2) is 12.3 Å². The minimum absolute atomic E-state index is 0.0148. The van der Waals surface area contributed by atoms with Gasteiger partial charge in [-0.2, -0.15) is 13.2 Å². The molecule has 0 spiro atoms. The minimum atomic E-state index is -4.67. The Balaban J connectivity index is 1.88. The molecule has 2 atom stereocenters. The largest absolute Gasteiger partial charge is 0.481 e. The van der Waals surface area contributed by atoms with Crippen LogP contribution in [0.5, 0.6) is 5.75 Å². The Hall–Kier alpha value is -2.23. The number of hydrogen-bond acceptors (Lipinski definition) is 5. The lowest BCUT2D eigenvalue weighted by molar-refractivity contribution is -0.190. The summed E-state index contributed by atoms with van der Waals surface area (Å²) >= 11 is 0. The second-order valence-electron chi connectivity index (χ2n) is 8.50. The van der Waals surface area contributed by atoms with Crippen molar-refractivity contribution in [1.29, 1.82) is 0 Å². The van der Waals surface area contributed by atoms with Crippen molar-refractivity contribution in [3.8, 4) is 5.75 Å². The van der Waals surface area contributed by atoms with Crippen molar-refractivity contribution in [3.05, 3.63) is 23.5 Å². The molecule has 0 radical (unpaired) electrons. The van der Waals surface area contributed by atoms with Gasteiger partial charge in [-0.05, 0) is 31.1 Å². The molecule has 6 nitrogen and oxygen atoms in total. The highest BCUT2D eigenvalue weighted by Gasteiger charge is 2.46. The van der Waals surface area contributed by atoms with E-state index in [2.05, 4.69) is 4.98 Å². The predicted octanol–water partition coefficient (Wildman–Crippen LogP) is 3.47. The maximum Gasteiger partial charge on any atom is 0.425 e. The fourth-order valence-corrected chi connectivity index (χ4v) is 3.70. The van der Waals surface area contributed by atoms with Gasteiger partial charge in [-0.3, -0.25) is 14.6 Å². The van der Waals surface area contributed by atoms with Crippen molar-refractivity contribution >= 4 is 11.7 Å². The molecule has 166 valence electrons. The fourth-order valence-electron chi connectivity index (χ4n) is 3.70. The molecule has 0 bridgehead atoms. The van der Waals surface area contributed by atoms with Crippen LogP contribution >= 0.6 is 0 Å². The highest BCUT2D eigenvalue weighted by atomic mass is 19.4. The number of hydrogen-bond donors (Lipinski definition) is 1. The Morgan fingerprint density at radius 2 is 1.97 bits per heavy atom. The van der Waals surface area contributed by atoms with E-state index >= 15 is 0 Å².